The van der Waals surface area contributed by atoms with Gasteiger partial charge in [0.15, 0.2) is 5.82 Å². The van der Waals surface area contributed by atoms with Gasteiger partial charge < -0.3 is 10.4 Å². The molecule has 0 bridgehead atoms. The Bertz CT molecular complexity index is 453. The third kappa shape index (κ3) is 5.52. The van der Waals surface area contributed by atoms with Crippen LogP contribution >= 0.6 is 12.4 Å². The minimum atomic E-state index is -3.45. The highest BCUT2D eigenvalue weighted by atomic mass is 35.5. The molecular weight excluding hydrogens is 278 g/mol. The molecule has 0 aromatic carbocycles. The first-order valence-corrected chi connectivity index (χ1v) is 7.04. The summed E-state index contributed by atoms with van der Waals surface area (Å²) in [6.45, 7) is 2.44. The van der Waals surface area contributed by atoms with Gasteiger partial charge in [0.1, 0.15) is 0 Å². The first-order chi connectivity index (χ1) is 8.09. The van der Waals surface area contributed by atoms with Crippen LogP contribution in [0.1, 0.15) is 13.3 Å². The Morgan fingerprint density at radius 1 is 1.44 bits per heavy atom. The quantitative estimate of drug-likeness (QED) is 0.699. The molecule has 0 saturated carbocycles. The van der Waals surface area contributed by atoms with Crippen LogP contribution in [-0.4, -0.2) is 37.4 Å². The lowest BCUT2D eigenvalue weighted by molar-refractivity contribution is 0.295. The van der Waals surface area contributed by atoms with Crippen LogP contribution in [0.5, 0.6) is 0 Å². The van der Waals surface area contributed by atoms with Gasteiger partial charge in [-0.1, -0.05) is 0 Å². The summed E-state index contributed by atoms with van der Waals surface area (Å²) in [5, 5.41) is 11.6. The Labute approximate surface area is 113 Å². The smallest absolute Gasteiger partial charge is 0.234 e. The zero-order valence-electron chi connectivity index (χ0n) is 10.1. The second-order valence-electron chi connectivity index (χ2n) is 3.43. The number of rotatable bonds is 7. The molecule has 0 aliphatic heterocycles. The van der Waals surface area contributed by atoms with Crippen LogP contribution in [0.15, 0.2) is 18.3 Å². The molecule has 0 spiro atoms. The predicted molar refractivity (Wildman–Crippen MR) is 74.8 cm³/mol. The number of anilines is 2. The van der Waals surface area contributed by atoms with Crippen LogP contribution in [0.2, 0.25) is 0 Å². The molecule has 1 aromatic heterocycles. The van der Waals surface area contributed by atoms with E-state index in [0.717, 1.165) is 0 Å². The second kappa shape index (κ2) is 8.12. The number of sulfonamides is 1. The normalized spacial score (nSPS) is 10.6. The third-order valence-electron chi connectivity index (χ3n) is 2.00. The Morgan fingerprint density at radius 3 is 2.78 bits per heavy atom. The first kappa shape index (κ1) is 16.9. The summed E-state index contributed by atoms with van der Waals surface area (Å²) in [6, 6.07) is 3.48. The maximum absolute atomic E-state index is 11.6. The molecule has 3 N–H and O–H groups in total. The average molecular weight is 296 g/mol. The van der Waals surface area contributed by atoms with Gasteiger partial charge in [0.2, 0.25) is 10.0 Å². The summed E-state index contributed by atoms with van der Waals surface area (Å²) in [5.74, 6) is 0.165. The zero-order chi connectivity index (χ0) is 12.7. The van der Waals surface area contributed by atoms with Crippen molar-refractivity contribution in [2.45, 2.75) is 13.3 Å². The minimum absolute atomic E-state index is 0. The van der Waals surface area contributed by atoms with Crippen molar-refractivity contribution in [1.82, 2.24) is 4.98 Å². The van der Waals surface area contributed by atoms with Crippen LogP contribution < -0.4 is 10.0 Å². The largest absolute Gasteiger partial charge is 0.396 e. The molecule has 18 heavy (non-hydrogen) atoms. The number of aliphatic hydroxyl groups excluding tert-OH is 1. The highest BCUT2D eigenvalue weighted by molar-refractivity contribution is 7.92. The van der Waals surface area contributed by atoms with E-state index in [0.29, 0.717) is 12.2 Å². The molecule has 0 amide bonds. The number of hydrogen-bond acceptors (Lipinski definition) is 5. The van der Waals surface area contributed by atoms with E-state index in [1.807, 2.05) is 6.92 Å². The van der Waals surface area contributed by atoms with Crippen LogP contribution in [0.4, 0.5) is 11.5 Å². The Morgan fingerprint density at radius 2 is 2.17 bits per heavy atom. The highest BCUT2D eigenvalue weighted by Crippen LogP contribution is 2.18. The van der Waals surface area contributed by atoms with E-state index in [2.05, 4.69) is 15.0 Å². The SMILES string of the molecule is CCNc1cccnc1NS(=O)(=O)CCCO.Cl. The summed E-state index contributed by atoms with van der Waals surface area (Å²) in [4.78, 5) is 3.98. The summed E-state index contributed by atoms with van der Waals surface area (Å²) in [6.07, 6.45) is 1.73. The molecule has 0 radical (unpaired) electrons. The van der Waals surface area contributed by atoms with E-state index in [9.17, 15) is 8.42 Å². The molecule has 6 nitrogen and oxygen atoms in total. The Kier molecular flexibility index (Phi) is 7.65. The summed E-state index contributed by atoms with van der Waals surface area (Å²) in [5.41, 5.74) is 0.641. The zero-order valence-corrected chi connectivity index (χ0v) is 11.7. The van der Waals surface area contributed by atoms with E-state index in [1.165, 1.54) is 6.20 Å². The fourth-order valence-corrected chi connectivity index (χ4v) is 2.34. The lowest BCUT2D eigenvalue weighted by atomic mass is 10.4. The molecule has 0 saturated heterocycles. The summed E-state index contributed by atoms with van der Waals surface area (Å²) in [7, 11) is -3.45. The molecular formula is C10H18ClN3O3S. The number of aliphatic hydroxyl groups is 1. The summed E-state index contributed by atoms with van der Waals surface area (Å²) < 4.78 is 25.6. The molecule has 1 aromatic rings. The molecule has 0 fully saturated rings. The number of nitrogens with one attached hydrogen (secondary N) is 2. The first-order valence-electron chi connectivity index (χ1n) is 5.39. The highest BCUT2D eigenvalue weighted by Gasteiger charge is 2.12. The van der Waals surface area contributed by atoms with Gasteiger partial charge in [0.25, 0.3) is 0 Å². The molecule has 0 aliphatic rings. The number of aromatic nitrogens is 1. The fourth-order valence-electron chi connectivity index (χ4n) is 1.27. The van der Waals surface area contributed by atoms with Gasteiger partial charge in [-0.25, -0.2) is 13.4 Å². The molecule has 8 heteroatoms. The van der Waals surface area contributed by atoms with Crippen LogP contribution in [0.25, 0.3) is 0 Å². The average Bonchev–Trinajstić information content (AvgIpc) is 2.29. The second-order valence-corrected chi connectivity index (χ2v) is 5.27. The van der Waals surface area contributed by atoms with Crippen molar-refractivity contribution in [3.63, 3.8) is 0 Å². The van der Waals surface area contributed by atoms with E-state index in [1.54, 1.807) is 12.1 Å². The lowest BCUT2D eigenvalue weighted by Crippen LogP contribution is -2.19. The van der Waals surface area contributed by atoms with Crippen molar-refractivity contribution in [3.05, 3.63) is 18.3 Å². The number of nitrogens with zero attached hydrogens (tertiary/aromatic N) is 1. The molecule has 0 unspecified atom stereocenters. The van der Waals surface area contributed by atoms with Crippen LogP contribution in [0.3, 0.4) is 0 Å². The number of halogens is 1. The van der Waals surface area contributed by atoms with E-state index in [4.69, 9.17) is 5.11 Å². The summed E-state index contributed by atoms with van der Waals surface area (Å²) >= 11 is 0. The molecule has 1 rings (SSSR count). The topological polar surface area (TPSA) is 91.3 Å². The third-order valence-corrected chi connectivity index (χ3v) is 3.33. The van der Waals surface area contributed by atoms with E-state index >= 15 is 0 Å². The van der Waals surface area contributed by atoms with Crippen molar-refractivity contribution >= 4 is 33.9 Å². The number of hydrogen-bond donors (Lipinski definition) is 3. The van der Waals surface area contributed by atoms with E-state index < -0.39 is 10.0 Å². The molecule has 0 aliphatic carbocycles. The van der Waals surface area contributed by atoms with Gasteiger partial charge >= 0.3 is 0 Å². The Hall–Kier alpha value is -1.05. The molecule has 0 atom stereocenters. The van der Waals surface area contributed by atoms with E-state index in [-0.39, 0.29) is 37.0 Å². The number of pyridine rings is 1. The lowest BCUT2D eigenvalue weighted by Gasteiger charge is -2.11. The predicted octanol–water partition coefficient (Wildman–Crippen LogP) is 1.06. The maximum atomic E-state index is 11.6. The van der Waals surface area contributed by atoms with Crippen molar-refractivity contribution in [1.29, 1.82) is 0 Å². The molecule has 104 valence electrons. The van der Waals surface area contributed by atoms with Crippen molar-refractivity contribution in [2.24, 2.45) is 0 Å². The van der Waals surface area contributed by atoms with Gasteiger partial charge in [-0.2, -0.15) is 0 Å². The monoisotopic (exact) mass is 295 g/mol. The van der Waals surface area contributed by atoms with Gasteiger partial charge in [-0.05, 0) is 25.5 Å². The van der Waals surface area contributed by atoms with Gasteiger partial charge in [-0.15, -0.1) is 12.4 Å². The fraction of sp³-hybridized carbons (Fsp3) is 0.500. The van der Waals surface area contributed by atoms with Gasteiger partial charge in [0.05, 0.1) is 11.4 Å². The standard InChI is InChI=1S/C10H17N3O3S.ClH/c1-2-11-9-5-3-6-12-10(9)13-17(15,16)8-4-7-14;/h3,5-6,11,14H,2,4,7-8H2,1H3,(H,12,13);1H. The van der Waals surface area contributed by atoms with Gasteiger partial charge in [0, 0.05) is 19.3 Å². The minimum Gasteiger partial charge on any atom is -0.396 e. The van der Waals surface area contributed by atoms with Crippen molar-refractivity contribution < 1.29 is 13.5 Å². The Balaban J connectivity index is 0.00000289. The van der Waals surface area contributed by atoms with Crippen molar-refractivity contribution in [2.75, 3.05) is 28.9 Å². The van der Waals surface area contributed by atoms with Crippen molar-refractivity contribution in [3.8, 4) is 0 Å². The van der Waals surface area contributed by atoms with Crippen LogP contribution in [-0.2, 0) is 10.0 Å². The maximum Gasteiger partial charge on any atom is 0.234 e. The molecule has 1 heterocycles. The van der Waals surface area contributed by atoms with Gasteiger partial charge in [-0.3, -0.25) is 4.72 Å². The van der Waals surface area contributed by atoms with Crippen LogP contribution in [0, 0.1) is 0 Å².